The van der Waals surface area contributed by atoms with Crippen LogP contribution in [0.25, 0.3) is 11.0 Å². The smallest absolute Gasteiger partial charge is 0.338 e. The van der Waals surface area contributed by atoms with Crippen LogP contribution in [-0.2, 0) is 4.74 Å². The van der Waals surface area contributed by atoms with Crippen molar-refractivity contribution in [2.75, 3.05) is 11.9 Å². The molecule has 0 radical (unpaired) electrons. The molecule has 122 valence electrons. The summed E-state index contributed by atoms with van der Waals surface area (Å²) in [6, 6.07) is 9.48. The molecule has 0 aliphatic rings. The summed E-state index contributed by atoms with van der Waals surface area (Å²) < 4.78 is 9.44. The lowest BCUT2D eigenvalue weighted by atomic mass is 10.2. The Kier molecular flexibility index (Phi) is 4.06. The van der Waals surface area contributed by atoms with Gasteiger partial charge in [-0.1, -0.05) is 0 Å². The summed E-state index contributed by atoms with van der Waals surface area (Å²) in [6.07, 6.45) is 0. The van der Waals surface area contributed by atoms with Crippen molar-refractivity contribution in [2.24, 2.45) is 0 Å². The third-order valence-electron chi connectivity index (χ3n) is 3.26. The van der Waals surface area contributed by atoms with Gasteiger partial charge in [-0.25, -0.2) is 9.42 Å². The Morgan fingerprint density at radius 2 is 2.00 bits per heavy atom. The van der Waals surface area contributed by atoms with Crippen LogP contribution < -0.4 is 5.32 Å². The highest BCUT2D eigenvalue weighted by Gasteiger charge is 2.22. The van der Waals surface area contributed by atoms with Gasteiger partial charge in [-0.2, -0.15) is 0 Å². The van der Waals surface area contributed by atoms with E-state index in [1.54, 1.807) is 37.3 Å². The third-order valence-corrected chi connectivity index (χ3v) is 3.26. The number of rotatable bonds is 5. The molecule has 24 heavy (non-hydrogen) atoms. The number of ether oxygens (including phenoxy) is 1. The lowest BCUT2D eigenvalue weighted by Crippen LogP contribution is -2.04. The Morgan fingerprint density at radius 1 is 1.25 bits per heavy atom. The van der Waals surface area contributed by atoms with Gasteiger partial charge in [-0.05, 0) is 53.6 Å². The van der Waals surface area contributed by atoms with E-state index in [9.17, 15) is 14.9 Å². The van der Waals surface area contributed by atoms with E-state index in [1.807, 2.05) is 0 Å². The van der Waals surface area contributed by atoms with Crippen molar-refractivity contribution in [3.05, 3.63) is 52.1 Å². The molecule has 0 fully saturated rings. The number of carbonyl (C=O) groups is 1. The van der Waals surface area contributed by atoms with Gasteiger partial charge in [0, 0.05) is 5.69 Å². The second kappa shape index (κ2) is 6.32. The Labute approximate surface area is 135 Å². The van der Waals surface area contributed by atoms with E-state index in [4.69, 9.17) is 4.74 Å². The molecule has 0 aliphatic heterocycles. The molecule has 3 rings (SSSR count). The maximum absolute atomic E-state index is 11.6. The van der Waals surface area contributed by atoms with Gasteiger partial charge < -0.3 is 10.1 Å². The van der Waals surface area contributed by atoms with Crippen molar-refractivity contribution >= 4 is 34.1 Å². The number of nitro benzene ring substituents is 1. The first kappa shape index (κ1) is 15.4. The van der Waals surface area contributed by atoms with Crippen LogP contribution in [0.4, 0.5) is 17.1 Å². The highest BCUT2D eigenvalue weighted by atomic mass is 16.6. The minimum atomic E-state index is -0.554. The lowest BCUT2D eigenvalue weighted by Gasteiger charge is -2.08. The zero-order valence-corrected chi connectivity index (χ0v) is 12.6. The molecule has 1 aromatic heterocycles. The molecule has 1 N–H and O–H groups in total. The highest BCUT2D eigenvalue weighted by Crippen LogP contribution is 2.33. The molecule has 0 unspecified atom stereocenters. The van der Waals surface area contributed by atoms with Gasteiger partial charge in [0.2, 0.25) is 5.52 Å². The second-order valence-electron chi connectivity index (χ2n) is 4.77. The number of hydrogen-bond donors (Lipinski definition) is 1. The summed E-state index contributed by atoms with van der Waals surface area (Å²) in [7, 11) is 0. The molecular formula is C15H12N4O5. The van der Waals surface area contributed by atoms with E-state index in [-0.39, 0.29) is 23.5 Å². The van der Waals surface area contributed by atoms with Gasteiger partial charge in [0.1, 0.15) is 11.2 Å². The number of carbonyl (C=O) groups excluding carboxylic acids is 1. The van der Waals surface area contributed by atoms with Crippen LogP contribution in [0.5, 0.6) is 0 Å². The maximum Gasteiger partial charge on any atom is 0.338 e. The zero-order valence-electron chi connectivity index (χ0n) is 12.6. The Bertz CT molecular complexity index is 904. The molecule has 0 saturated heterocycles. The maximum atomic E-state index is 11.6. The summed E-state index contributed by atoms with van der Waals surface area (Å²) in [5.41, 5.74) is 1.34. The summed E-state index contributed by atoms with van der Waals surface area (Å²) in [4.78, 5) is 22.4. The van der Waals surface area contributed by atoms with Crippen LogP contribution in [0.1, 0.15) is 17.3 Å². The van der Waals surface area contributed by atoms with Crippen LogP contribution in [0.2, 0.25) is 0 Å². The van der Waals surface area contributed by atoms with Crippen LogP contribution in [0.3, 0.4) is 0 Å². The summed E-state index contributed by atoms with van der Waals surface area (Å²) in [6.45, 7) is 2.01. The van der Waals surface area contributed by atoms with Crippen LogP contribution in [0.15, 0.2) is 41.0 Å². The number of fused-ring (bicyclic) bond motifs is 1. The van der Waals surface area contributed by atoms with Crippen molar-refractivity contribution in [1.29, 1.82) is 0 Å². The van der Waals surface area contributed by atoms with E-state index >= 15 is 0 Å². The van der Waals surface area contributed by atoms with Crippen molar-refractivity contribution in [2.45, 2.75) is 6.92 Å². The molecule has 0 bridgehead atoms. The summed E-state index contributed by atoms with van der Waals surface area (Å²) >= 11 is 0. The first-order valence-corrected chi connectivity index (χ1v) is 7.04. The van der Waals surface area contributed by atoms with Crippen LogP contribution in [0, 0.1) is 10.1 Å². The number of nitro groups is 1. The minimum absolute atomic E-state index is 0.0631. The number of nitrogens with zero attached hydrogens (tertiary/aromatic N) is 3. The van der Waals surface area contributed by atoms with Crippen molar-refractivity contribution in [3.8, 4) is 0 Å². The average molecular weight is 328 g/mol. The topological polar surface area (TPSA) is 120 Å². The van der Waals surface area contributed by atoms with Gasteiger partial charge >= 0.3 is 11.7 Å². The van der Waals surface area contributed by atoms with E-state index < -0.39 is 10.9 Å². The van der Waals surface area contributed by atoms with Crippen LogP contribution >= 0.6 is 0 Å². The van der Waals surface area contributed by atoms with Crippen molar-refractivity contribution < 1.29 is 19.1 Å². The van der Waals surface area contributed by atoms with Gasteiger partial charge in [0.05, 0.1) is 17.1 Å². The second-order valence-corrected chi connectivity index (χ2v) is 4.77. The molecule has 1 heterocycles. The number of benzene rings is 2. The number of aromatic nitrogens is 2. The molecule has 0 atom stereocenters. The fourth-order valence-electron chi connectivity index (χ4n) is 2.18. The highest BCUT2D eigenvalue weighted by molar-refractivity contribution is 5.92. The number of anilines is 2. The quantitative estimate of drug-likeness (QED) is 0.431. The largest absolute Gasteiger partial charge is 0.462 e. The fourth-order valence-corrected chi connectivity index (χ4v) is 2.18. The Hall–Kier alpha value is -3.49. The normalized spacial score (nSPS) is 10.5. The number of esters is 1. The van der Waals surface area contributed by atoms with Crippen LogP contribution in [-0.4, -0.2) is 27.8 Å². The number of hydrogen-bond acceptors (Lipinski definition) is 8. The molecule has 3 aromatic rings. The molecule has 9 nitrogen and oxygen atoms in total. The summed E-state index contributed by atoms with van der Waals surface area (Å²) in [5.74, 6) is -0.426. The number of nitrogens with one attached hydrogen (secondary N) is 1. The molecule has 0 aliphatic carbocycles. The SMILES string of the molecule is CCOC(=O)c1ccc(Nc2ccc3nonc3c2[N+](=O)[O-])cc1. The first-order valence-electron chi connectivity index (χ1n) is 7.04. The average Bonchev–Trinajstić information content (AvgIpc) is 3.03. The van der Waals surface area contributed by atoms with E-state index in [2.05, 4.69) is 20.3 Å². The fraction of sp³-hybridized carbons (Fsp3) is 0.133. The molecule has 0 amide bonds. The van der Waals surface area contributed by atoms with E-state index in [0.717, 1.165) is 0 Å². The van der Waals surface area contributed by atoms with Crippen molar-refractivity contribution in [1.82, 2.24) is 10.3 Å². The summed E-state index contributed by atoms with van der Waals surface area (Å²) in [5, 5.41) is 21.4. The molecule has 0 saturated carbocycles. The zero-order chi connectivity index (χ0) is 17.1. The van der Waals surface area contributed by atoms with Gasteiger partial charge in [0.25, 0.3) is 0 Å². The molecule has 0 spiro atoms. The molecule has 2 aromatic carbocycles. The Balaban J connectivity index is 1.91. The predicted molar refractivity (Wildman–Crippen MR) is 84.1 cm³/mol. The lowest BCUT2D eigenvalue weighted by molar-refractivity contribution is -0.382. The van der Waals surface area contributed by atoms with E-state index in [0.29, 0.717) is 16.8 Å². The van der Waals surface area contributed by atoms with Gasteiger partial charge in [-0.3, -0.25) is 10.1 Å². The van der Waals surface area contributed by atoms with E-state index in [1.165, 1.54) is 6.07 Å². The monoisotopic (exact) mass is 328 g/mol. The Morgan fingerprint density at radius 3 is 2.67 bits per heavy atom. The minimum Gasteiger partial charge on any atom is -0.462 e. The first-order chi connectivity index (χ1) is 11.6. The van der Waals surface area contributed by atoms with Gasteiger partial charge in [0.15, 0.2) is 0 Å². The standard InChI is InChI=1S/C15H12N4O5/c1-2-23-15(20)9-3-5-10(6-4-9)16-12-8-7-11-13(18-24-17-11)14(12)19(21)22/h3-8,16H,2H2,1H3. The van der Waals surface area contributed by atoms with Gasteiger partial charge in [-0.15, -0.1) is 0 Å². The van der Waals surface area contributed by atoms with Crippen molar-refractivity contribution in [3.63, 3.8) is 0 Å². The molecular weight excluding hydrogens is 316 g/mol. The third kappa shape index (κ3) is 2.86. The predicted octanol–water partition coefficient (Wildman–Crippen LogP) is 3.05. The molecule has 9 heteroatoms.